The van der Waals surface area contributed by atoms with Crippen LogP contribution in [0.4, 0.5) is 0 Å². The van der Waals surface area contributed by atoms with Gasteiger partial charge in [0.1, 0.15) is 0 Å². The second-order valence-corrected chi connectivity index (χ2v) is 5.76. The first-order valence-electron chi connectivity index (χ1n) is 7.22. The van der Waals surface area contributed by atoms with E-state index in [2.05, 4.69) is 6.92 Å². The van der Waals surface area contributed by atoms with Crippen molar-refractivity contribution < 1.29 is 0 Å². The Balaban J connectivity index is 1.96. The molecule has 87 valence electrons. The summed E-state index contributed by atoms with van der Waals surface area (Å²) in [7, 11) is 0. The highest BCUT2D eigenvalue weighted by molar-refractivity contribution is 5.10. The average molecular weight is 207 g/mol. The van der Waals surface area contributed by atoms with Crippen LogP contribution in [0.25, 0.3) is 0 Å². The van der Waals surface area contributed by atoms with Crippen molar-refractivity contribution in [1.82, 2.24) is 0 Å². The van der Waals surface area contributed by atoms with Crippen LogP contribution in [0, 0.1) is 11.3 Å². The molecule has 0 heteroatoms. The average Bonchev–Trinajstić information content (AvgIpc) is 2.78. The largest absolute Gasteiger partial charge is 0.0654 e. The number of hydrogen-bond acceptors (Lipinski definition) is 0. The van der Waals surface area contributed by atoms with Gasteiger partial charge >= 0.3 is 0 Å². The van der Waals surface area contributed by atoms with Crippen molar-refractivity contribution in [2.45, 2.75) is 84.0 Å². The number of rotatable bonds is 4. The Morgan fingerprint density at radius 1 is 0.933 bits per heavy atom. The summed E-state index contributed by atoms with van der Waals surface area (Å²) in [6.45, 7) is 2.34. The van der Waals surface area contributed by atoms with Crippen LogP contribution in [-0.4, -0.2) is 0 Å². The Morgan fingerprint density at radius 3 is 2.20 bits per heavy atom. The molecule has 2 fully saturated rings. The van der Waals surface area contributed by atoms with Crippen molar-refractivity contribution in [3.8, 4) is 0 Å². The zero-order chi connectivity index (χ0) is 10.6. The zero-order valence-electron chi connectivity index (χ0n) is 10.5. The van der Waals surface area contributed by atoms with Crippen molar-refractivity contribution in [3.63, 3.8) is 0 Å². The van der Waals surface area contributed by atoms with Gasteiger partial charge in [-0.3, -0.25) is 0 Å². The van der Waals surface area contributed by atoms with E-state index in [-0.39, 0.29) is 0 Å². The topological polar surface area (TPSA) is 0 Å². The van der Waals surface area contributed by atoms with Gasteiger partial charge in [-0.2, -0.15) is 0 Å². The van der Waals surface area contributed by atoms with Crippen molar-refractivity contribution in [1.29, 1.82) is 0 Å². The van der Waals surface area contributed by atoms with Crippen LogP contribution in [0.15, 0.2) is 0 Å². The van der Waals surface area contributed by atoms with E-state index in [1.54, 1.807) is 0 Å². The van der Waals surface area contributed by atoms with E-state index in [9.17, 15) is 0 Å². The van der Waals surface area contributed by atoms with Crippen LogP contribution in [0.5, 0.6) is 0 Å². The molecular weight excluding hydrogens is 180 g/mol. The van der Waals surface area contributed by atoms with Crippen LogP contribution < -0.4 is 0 Å². The molecule has 0 nitrogen and oxygen atoms in total. The first kappa shape index (κ1) is 11.5. The van der Waals surface area contributed by atoms with Gasteiger partial charge in [0.2, 0.25) is 0 Å². The third-order valence-corrected chi connectivity index (χ3v) is 4.78. The van der Waals surface area contributed by atoms with Crippen molar-refractivity contribution in [2.24, 2.45) is 5.41 Å². The van der Waals surface area contributed by atoms with E-state index in [1.165, 1.54) is 77.0 Å². The highest BCUT2D eigenvalue weighted by atomic mass is 14.5. The summed E-state index contributed by atoms with van der Waals surface area (Å²) in [6, 6.07) is 0. The van der Waals surface area contributed by atoms with Crippen LogP contribution in [0.3, 0.4) is 0 Å². The predicted molar refractivity (Wildman–Crippen MR) is 66.8 cm³/mol. The molecule has 0 aromatic carbocycles. The fourth-order valence-corrected chi connectivity index (χ4v) is 3.86. The maximum Gasteiger partial charge on any atom is -0.0179 e. The third kappa shape index (κ3) is 2.57. The monoisotopic (exact) mass is 207 g/mol. The van der Waals surface area contributed by atoms with Gasteiger partial charge in [0.05, 0.1) is 0 Å². The zero-order valence-corrected chi connectivity index (χ0v) is 10.5. The lowest BCUT2D eigenvalue weighted by Gasteiger charge is -2.40. The molecule has 0 saturated heterocycles. The highest BCUT2D eigenvalue weighted by Crippen LogP contribution is 2.53. The molecule has 2 saturated carbocycles. The molecule has 0 aliphatic heterocycles. The van der Waals surface area contributed by atoms with Crippen LogP contribution in [0.2, 0.25) is 0 Å². The van der Waals surface area contributed by atoms with Gasteiger partial charge in [-0.15, -0.1) is 0 Å². The van der Waals surface area contributed by atoms with Crippen LogP contribution in [0.1, 0.15) is 84.0 Å². The Kier molecular flexibility index (Phi) is 4.11. The first-order chi connectivity index (χ1) is 7.37. The minimum absolute atomic E-state index is 0.733. The van der Waals surface area contributed by atoms with E-state index >= 15 is 0 Å². The lowest BCUT2D eigenvalue weighted by Crippen LogP contribution is -2.27. The highest BCUT2D eigenvalue weighted by Gasteiger charge is 2.40. The summed E-state index contributed by atoms with van der Waals surface area (Å²) < 4.78 is 0. The van der Waals surface area contributed by atoms with Gasteiger partial charge in [0, 0.05) is 0 Å². The Morgan fingerprint density at radius 2 is 1.60 bits per heavy atom. The van der Waals surface area contributed by atoms with E-state index in [4.69, 9.17) is 0 Å². The third-order valence-electron chi connectivity index (χ3n) is 4.78. The summed E-state index contributed by atoms with van der Waals surface area (Å²) in [5.74, 6) is 1.99. The smallest absolute Gasteiger partial charge is 0.0179 e. The van der Waals surface area contributed by atoms with Crippen molar-refractivity contribution in [3.05, 3.63) is 5.92 Å². The number of unbranched alkanes of at least 4 members (excludes halogenated alkanes) is 1. The Labute approximate surface area is 95.8 Å². The normalized spacial score (nSPS) is 27.0. The number of hydrogen-bond donors (Lipinski definition) is 0. The molecule has 0 N–H and O–H groups in total. The van der Waals surface area contributed by atoms with E-state index in [0.717, 1.165) is 5.41 Å². The standard InChI is InChI=1S/C15H27/c1-2-3-11-15(12-7-8-13-15)14-9-5-4-6-10-14/h2-13H2,1H3. The molecule has 15 heavy (non-hydrogen) atoms. The van der Waals surface area contributed by atoms with E-state index in [1.807, 2.05) is 5.92 Å². The second kappa shape index (κ2) is 5.37. The molecule has 1 radical (unpaired) electrons. The maximum atomic E-state index is 2.34. The quantitative estimate of drug-likeness (QED) is 0.588. The van der Waals surface area contributed by atoms with Gasteiger partial charge in [0.15, 0.2) is 0 Å². The van der Waals surface area contributed by atoms with Gasteiger partial charge in [0.25, 0.3) is 0 Å². The van der Waals surface area contributed by atoms with Crippen LogP contribution in [-0.2, 0) is 0 Å². The van der Waals surface area contributed by atoms with E-state index in [0.29, 0.717) is 0 Å². The Bertz CT molecular complexity index is 170. The second-order valence-electron chi connectivity index (χ2n) is 5.76. The molecule has 0 unspecified atom stereocenters. The van der Waals surface area contributed by atoms with Gasteiger partial charge in [-0.05, 0) is 43.4 Å². The molecule has 0 atom stereocenters. The van der Waals surface area contributed by atoms with Gasteiger partial charge in [-0.1, -0.05) is 51.9 Å². The lowest BCUT2D eigenvalue weighted by atomic mass is 9.65. The van der Waals surface area contributed by atoms with Gasteiger partial charge < -0.3 is 0 Å². The lowest BCUT2D eigenvalue weighted by molar-refractivity contribution is 0.237. The van der Waals surface area contributed by atoms with Crippen LogP contribution >= 0.6 is 0 Å². The molecule has 0 heterocycles. The minimum atomic E-state index is 0.733. The molecule has 2 aliphatic carbocycles. The predicted octanol–water partition coefficient (Wildman–Crippen LogP) is 5.28. The maximum absolute atomic E-state index is 2.34. The minimum Gasteiger partial charge on any atom is -0.0654 e. The molecule has 0 aromatic heterocycles. The summed E-state index contributed by atoms with van der Waals surface area (Å²) in [4.78, 5) is 0. The summed E-state index contributed by atoms with van der Waals surface area (Å²) >= 11 is 0. The molecule has 2 aliphatic rings. The Hall–Kier alpha value is 0. The fourth-order valence-electron chi connectivity index (χ4n) is 3.86. The molecule has 2 rings (SSSR count). The first-order valence-corrected chi connectivity index (χ1v) is 7.22. The molecule has 0 aromatic rings. The SMILES string of the molecule is CCCCC1([C]2CCCCC2)CCCC1. The fraction of sp³-hybridized carbons (Fsp3) is 0.933. The summed E-state index contributed by atoms with van der Waals surface area (Å²) in [6.07, 6.45) is 17.9. The van der Waals surface area contributed by atoms with Crippen molar-refractivity contribution >= 4 is 0 Å². The molecule has 0 amide bonds. The summed E-state index contributed by atoms with van der Waals surface area (Å²) in [5, 5.41) is 0. The molecule has 0 bridgehead atoms. The van der Waals surface area contributed by atoms with E-state index < -0.39 is 0 Å². The van der Waals surface area contributed by atoms with Gasteiger partial charge in [-0.25, -0.2) is 0 Å². The van der Waals surface area contributed by atoms with Crippen molar-refractivity contribution in [2.75, 3.05) is 0 Å². The molecule has 0 spiro atoms. The summed E-state index contributed by atoms with van der Waals surface area (Å²) in [5.41, 5.74) is 0.733. The molecular formula is C15H27.